The van der Waals surface area contributed by atoms with Gasteiger partial charge in [0.25, 0.3) is 0 Å². The topological polar surface area (TPSA) is 94.0 Å². The highest BCUT2D eigenvalue weighted by molar-refractivity contribution is 5.86. The first-order valence-corrected chi connectivity index (χ1v) is 5.95. The van der Waals surface area contributed by atoms with Crippen LogP contribution in [0.2, 0.25) is 0 Å². The number of nitrogens with two attached hydrogens (primary N) is 1. The van der Waals surface area contributed by atoms with Crippen molar-refractivity contribution in [1.29, 1.82) is 0 Å². The Morgan fingerprint density at radius 3 is 2.82 bits per heavy atom. The zero-order chi connectivity index (χ0) is 12.8. The Morgan fingerprint density at radius 1 is 1.59 bits per heavy atom. The maximum absolute atomic E-state index is 11.0. The zero-order valence-corrected chi connectivity index (χ0v) is 10.4. The van der Waals surface area contributed by atoms with Crippen LogP contribution in [0.3, 0.4) is 0 Å². The fourth-order valence-electron chi connectivity index (χ4n) is 1.91. The Hall–Kier alpha value is -1.43. The predicted octanol–water partition coefficient (Wildman–Crippen LogP) is 0.914. The fraction of sp³-hybridized carbons (Fsp3) is 0.727. The van der Waals surface area contributed by atoms with Crippen molar-refractivity contribution >= 4 is 5.97 Å². The molecule has 0 fully saturated rings. The van der Waals surface area contributed by atoms with Gasteiger partial charge in [0.05, 0.1) is 5.69 Å². The van der Waals surface area contributed by atoms with Crippen LogP contribution in [0, 0.1) is 5.92 Å². The van der Waals surface area contributed by atoms with E-state index in [9.17, 15) is 4.79 Å². The smallest absolute Gasteiger partial charge is 0.358 e. The molecule has 1 aromatic rings. The van der Waals surface area contributed by atoms with E-state index in [1.165, 1.54) is 0 Å². The number of hydrogen-bond donors (Lipinski definition) is 2. The number of hydrogen-bond acceptors (Lipinski definition) is 4. The molecule has 1 aromatic heterocycles. The predicted molar refractivity (Wildman–Crippen MR) is 63.8 cm³/mol. The monoisotopic (exact) mass is 240 g/mol. The van der Waals surface area contributed by atoms with Crippen LogP contribution < -0.4 is 5.73 Å². The van der Waals surface area contributed by atoms with E-state index in [2.05, 4.69) is 24.2 Å². The molecule has 0 aliphatic heterocycles. The lowest BCUT2D eigenvalue weighted by atomic mass is 10.1. The lowest BCUT2D eigenvalue weighted by Crippen LogP contribution is -2.16. The van der Waals surface area contributed by atoms with Gasteiger partial charge in [-0.3, -0.25) is 0 Å². The summed E-state index contributed by atoms with van der Waals surface area (Å²) in [5, 5.41) is 16.6. The summed E-state index contributed by atoms with van der Waals surface area (Å²) < 4.78 is 1.68. The average molecular weight is 240 g/mol. The second-order valence-electron chi connectivity index (χ2n) is 4.30. The molecule has 3 N–H and O–H groups in total. The SMILES string of the molecule is CCCC(C)Cn1nnc(C(=O)O)c1CCN. The Labute approximate surface area is 101 Å². The first-order chi connectivity index (χ1) is 8.10. The lowest BCUT2D eigenvalue weighted by molar-refractivity contribution is 0.0689. The third-order valence-electron chi connectivity index (χ3n) is 2.69. The normalized spacial score (nSPS) is 12.6. The summed E-state index contributed by atoms with van der Waals surface area (Å²) in [6, 6.07) is 0. The summed E-state index contributed by atoms with van der Waals surface area (Å²) >= 11 is 0. The summed E-state index contributed by atoms with van der Waals surface area (Å²) in [5.74, 6) is -0.581. The number of carbonyl (C=O) groups is 1. The van der Waals surface area contributed by atoms with Gasteiger partial charge >= 0.3 is 5.97 Å². The first kappa shape index (κ1) is 13.6. The minimum absolute atomic E-state index is 0.0270. The van der Waals surface area contributed by atoms with E-state index in [4.69, 9.17) is 10.8 Å². The average Bonchev–Trinajstić information content (AvgIpc) is 2.63. The van der Waals surface area contributed by atoms with Gasteiger partial charge in [-0.25, -0.2) is 9.48 Å². The molecule has 1 rings (SSSR count). The molecule has 0 radical (unpaired) electrons. The minimum Gasteiger partial charge on any atom is -0.476 e. The van der Waals surface area contributed by atoms with E-state index in [1.54, 1.807) is 4.68 Å². The molecule has 6 nitrogen and oxygen atoms in total. The summed E-state index contributed by atoms with van der Waals surface area (Å²) in [7, 11) is 0. The summed E-state index contributed by atoms with van der Waals surface area (Å²) in [4.78, 5) is 11.0. The van der Waals surface area contributed by atoms with Crippen LogP contribution in [0.15, 0.2) is 0 Å². The van der Waals surface area contributed by atoms with Gasteiger partial charge in [0.1, 0.15) is 0 Å². The maximum Gasteiger partial charge on any atom is 0.358 e. The number of aromatic carboxylic acids is 1. The van der Waals surface area contributed by atoms with Crippen molar-refractivity contribution in [2.24, 2.45) is 11.7 Å². The molecule has 6 heteroatoms. The summed E-state index contributed by atoms with van der Waals surface area (Å²) in [5.41, 5.74) is 6.14. The quantitative estimate of drug-likeness (QED) is 0.739. The van der Waals surface area contributed by atoms with Gasteiger partial charge in [0, 0.05) is 13.0 Å². The van der Waals surface area contributed by atoms with Crippen molar-refractivity contribution < 1.29 is 9.90 Å². The number of aromatic nitrogens is 3. The Bertz CT molecular complexity index is 376. The summed E-state index contributed by atoms with van der Waals surface area (Å²) in [6.07, 6.45) is 2.69. The molecule has 0 aliphatic carbocycles. The zero-order valence-electron chi connectivity index (χ0n) is 10.4. The molecule has 1 heterocycles. The number of carboxylic acids is 1. The second-order valence-corrected chi connectivity index (χ2v) is 4.30. The standard InChI is InChI=1S/C11H20N4O2/c1-3-4-8(2)7-15-9(5-6-12)10(11(16)17)13-14-15/h8H,3-7,12H2,1-2H3,(H,16,17). The van der Waals surface area contributed by atoms with E-state index < -0.39 is 5.97 Å². The molecule has 0 spiro atoms. The van der Waals surface area contributed by atoms with E-state index in [0.29, 0.717) is 31.1 Å². The molecular formula is C11H20N4O2. The molecule has 0 saturated carbocycles. The Kier molecular flexibility index (Phi) is 5.09. The highest BCUT2D eigenvalue weighted by Gasteiger charge is 2.19. The highest BCUT2D eigenvalue weighted by Crippen LogP contribution is 2.12. The molecule has 1 unspecified atom stereocenters. The molecular weight excluding hydrogens is 220 g/mol. The largest absolute Gasteiger partial charge is 0.476 e. The van der Waals surface area contributed by atoms with Gasteiger partial charge in [-0.1, -0.05) is 25.5 Å². The molecule has 0 aromatic carbocycles. The van der Waals surface area contributed by atoms with Gasteiger partial charge in [-0.15, -0.1) is 5.10 Å². The van der Waals surface area contributed by atoms with Crippen LogP contribution in [-0.4, -0.2) is 32.6 Å². The third-order valence-corrected chi connectivity index (χ3v) is 2.69. The molecule has 17 heavy (non-hydrogen) atoms. The summed E-state index contributed by atoms with van der Waals surface area (Å²) in [6.45, 7) is 5.35. The number of rotatable bonds is 7. The van der Waals surface area contributed by atoms with E-state index >= 15 is 0 Å². The number of nitrogens with zero attached hydrogens (tertiary/aromatic N) is 3. The van der Waals surface area contributed by atoms with Crippen LogP contribution in [0.4, 0.5) is 0 Å². The molecule has 0 bridgehead atoms. The van der Waals surface area contributed by atoms with Gasteiger partial charge in [0.15, 0.2) is 5.69 Å². The first-order valence-electron chi connectivity index (χ1n) is 5.95. The van der Waals surface area contributed by atoms with Crippen LogP contribution in [0.25, 0.3) is 0 Å². The van der Waals surface area contributed by atoms with Crippen LogP contribution in [-0.2, 0) is 13.0 Å². The molecule has 0 amide bonds. The van der Waals surface area contributed by atoms with Gasteiger partial charge < -0.3 is 10.8 Å². The van der Waals surface area contributed by atoms with Gasteiger partial charge in [-0.2, -0.15) is 0 Å². The fourth-order valence-corrected chi connectivity index (χ4v) is 1.91. The van der Waals surface area contributed by atoms with Crippen LogP contribution >= 0.6 is 0 Å². The second kappa shape index (κ2) is 6.34. The van der Waals surface area contributed by atoms with Crippen molar-refractivity contribution in [3.63, 3.8) is 0 Å². The Balaban J connectivity index is 2.87. The van der Waals surface area contributed by atoms with Gasteiger partial charge in [0.2, 0.25) is 0 Å². The van der Waals surface area contributed by atoms with Gasteiger partial charge in [-0.05, 0) is 18.9 Å². The Morgan fingerprint density at radius 2 is 2.29 bits per heavy atom. The van der Waals surface area contributed by atoms with E-state index in [0.717, 1.165) is 12.8 Å². The van der Waals surface area contributed by atoms with Crippen molar-refractivity contribution in [3.8, 4) is 0 Å². The molecule has 0 saturated heterocycles. The van der Waals surface area contributed by atoms with Crippen molar-refractivity contribution in [2.75, 3.05) is 6.54 Å². The maximum atomic E-state index is 11.0. The van der Waals surface area contributed by atoms with Crippen molar-refractivity contribution in [2.45, 2.75) is 39.7 Å². The van der Waals surface area contributed by atoms with Crippen molar-refractivity contribution in [3.05, 3.63) is 11.4 Å². The van der Waals surface area contributed by atoms with E-state index in [1.807, 2.05) is 0 Å². The highest BCUT2D eigenvalue weighted by atomic mass is 16.4. The van der Waals surface area contributed by atoms with Crippen LogP contribution in [0.5, 0.6) is 0 Å². The molecule has 0 aliphatic rings. The third kappa shape index (κ3) is 3.52. The lowest BCUT2D eigenvalue weighted by Gasteiger charge is -2.11. The minimum atomic E-state index is -1.04. The molecule has 1 atom stereocenters. The number of carboxylic acid groups (broad SMARTS) is 1. The van der Waals surface area contributed by atoms with Crippen molar-refractivity contribution in [1.82, 2.24) is 15.0 Å². The molecule has 96 valence electrons. The van der Waals surface area contributed by atoms with E-state index in [-0.39, 0.29) is 5.69 Å². The van der Waals surface area contributed by atoms with Crippen LogP contribution in [0.1, 0.15) is 42.9 Å².